The number of nitrogens with one attached hydrogen (secondary N) is 2. The third-order valence-corrected chi connectivity index (χ3v) is 5.75. The van der Waals surface area contributed by atoms with Crippen LogP contribution in [0.1, 0.15) is 41.6 Å². The van der Waals surface area contributed by atoms with Gasteiger partial charge in [0.25, 0.3) is 5.91 Å². The van der Waals surface area contributed by atoms with Gasteiger partial charge < -0.3 is 21.3 Å². The van der Waals surface area contributed by atoms with E-state index in [2.05, 4.69) is 10.6 Å². The monoisotopic (exact) mass is 418 g/mol. The number of nitrogens with two attached hydrogens (primary N) is 1. The topological polar surface area (TPSA) is 105 Å². The van der Waals surface area contributed by atoms with Gasteiger partial charge in [0.05, 0.1) is 0 Å². The first-order chi connectivity index (χ1) is 15.0. The van der Waals surface area contributed by atoms with Crippen molar-refractivity contribution in [3.63, 3.8) is 0 Å². The van der Waals surface area contributed by atoms with E-state index >= 15 is 0 Å². The molecule has 1 saturated heterocycles. The molecule has 4 N–H and O–H groups in total. The van der Waals surface area contributed by atoms with Crippen LogP contribution in [0.15, 0.2) is 54.1 Å². The molecule has 0 aromatic heterocycles. The standard InChI is InChI=1S/C24H26N4O3/c25-23(30)17-5-3-4-16(14-17)20-11-12-26-15-21(20)24(31)27-18-7-9-19(10-8-18)28-13-2-1-6-22(28)29/h3-5,7-10,14,26H,1-2,6,11-13,15H2,(H2,25,30)(H,27,31). The Morgan fingerprint density at radius 1 is 1.03 bits per heavy atom. The van der Waals surface area contributed by atoms with E-state index in [1.54, 1.807) is 23.1 Å². The number of carbonyl (C=O) groups excluding carboxylic acids is 3. The zero-order valence-electron chi connectivity index (χ0n) is 17.3. The first-order valence-electron chi connectivity index (χ1n) is 10.6. The molecule has 160 valence electrons. The van der Waals surface area contributed by atoms with Crippen LogP contribution in [0.3, 0.4) is 0 Å². The number of primary amides is 1. The van der Waals surface area contributed by atoms with Crippen LogP contribution in [0.5, 0.6) is 0 Å². The highest BCUT2D eigenvalue weighted by molar-refractivity contribution is 6.10. The van der Waals surface area contributed by atoms with Crippen molar-refractivity contribution in [1.29, 1.82) is 0 Å². The van der Waals surface area contributed by atoms with Crippen molar-refractivity contribution in [1.82, 2.24) is 5.32 Å². The number of anilines is 2. The highest BCUT2D eigenvalue weighted by Gasteiger charge is 2.22. The predicted molar refractivity (Wildman–Crippen MR) is 121 cm³/mol. The minimum absolute atomic E-state index is 0.143. The molecule has 2 aliphatic heterocycles. The third kappa shape index (κ3) is 4.67. The fraction of sp³-hybridized carbons (Fsp3) is 0.292. The molecule has 2 aliphatic rings. The smallest absolute Gasteiger partial charge is 0.253 e. The highest BCUT2D eigenvalue weighted by atomic mass is 16.2. The van der Waals surface area contributed by atoms with Crippen molar-refractivity contribution >= 4 is 34.7 Å². The van der Waals surface area contributed by atoms with E-state index in [0.29, 0.717) is 36.2 Å². The van der Waals surface area contributed by atoms with Gasteiger partial charge in [0, 0.05) is 42.0 Å². The van der Waals surface area contributed by atoms with Gasteiger partial charge in [-0.2, -0.15) is 0 Å². The summed E-state index contributed by atoms with van der Waals surface area (Å²) in [5, 5.41) is 6.20. The number of piperidine rings is 1. The molecule has 2 aromatic rings. The molecule has 31 heavy (non-hydrogen) atoms. The SMILES string of the molecule is NC(=O)c1cccc(C2=C(C(=O)Nc3ccc(N4CCCCC4=O)cc3)CNCC2)c1. The molecule has 2 aromatic carbocycles. The Morgan fingerprint density at radius 2 is 1.84 bits per heavy atom. The van der Waals surface area contributed by atoms with Crippen molar-refractivity contribution in [3.8, 4) is 0 Å². The van der Waals surface area contributed by atoms with E-state index in [1.165, 1.54) is 0 Å². The van der Waals surface area contributed by atoms with Gasteiger partial charge in [0.2, 0.25) is 11.8 Å². The molecular weight excluding hydrogens is 392 g/mol. The summed E-state index contributed by atoms with van der Waals surface area (Å²) >= 11 is 0. The van der Waals surface area contributed by atoms with E-state index in [4.69, 9.17) is 5.73 Å². The lowest BCUT2D eigenvalue weighted by Gasteiger charge is -2.27. The Kier molecular flexibility index (Phi) is 6.13. The van der Waals surface area contributed by atoms with Gasteiger partial charge in [-0.3, -0.25) is 14.4 Å². The van der Waals surface area contributed by atoms with Crippen LogP contribution in [0.2, 0.25) is 0 Å². The van der Waals surface area contributed by atoms with Gasteiger partial charge in [-0.1, -0.05) is 12.1 Å². The quantitative estimate of drug-likeness (QED) is 0.694. The van der Waals surface area contributed by atoms with Crippen molar-refractivity contribution in [2.45, 2.75) is 25.7 Å². The molecule has 0 bridgehead atoms. The first kappa shape index (κ1) is 20.8. The van der Waals surface area contributed by atoms with Crippen LogP contribution < -0.4 is 21.3 Å². The van der Waals surface area contributed by atoms with Crippen molar-refractivity contribution in [3.05, 3.63) is 65.2 Å². The van der Waals surface area contributed by atoms with Crippen molar-refractivity contribution in [2.75, 3.05) is 29.9 Å². The van der Waals surface area contributed by atoms with E-state index in [-0.39, 0.29) is 11.8 Å². The minimum Gasteiger partial charge on any atom is -0.366 e. The average Bonchev–Trinajstić information content (AvgIpc) is 2.80. The maximum atomic E-state index is 13.0. The summed E-state index contributed by atoms with van der Waals surface area (Å²) in [6.07, 6.45) is 3.21. The third-order valence-electron chi connectivity index (χ3n) is 5.75. The normalized spacial score (nSPS) is 16.9. The lowest BCUT2D eigenvalue weighted by atomic mass is 9.92. The van der Waals surface area contributed by atoms with Gasteiger partial charge in [-0.25, -0.2) is 0 Å². The van der Waals surface area contributed by atoms with Crippen molar-refractivity contribution in [2.24, 2.45) is 5.73 Å². The number of hydrogen-bond acceptors (Lipinski definition) is 4. The molecule has 0 aliphatic carbocycles. The molecule has 0 radical (unpaired) electrons. The molecule has 2 heterocycles. The molecule has 1 fully saturated rings. The van der Waals surface area contributed by atoms with Crippen LogP contribution >= 0.6 is 0 Å². The Morgan fingerprint density at radius 3 is 2.58 bits per heavy atom. The molecule has 7 heteroatoms. The maximum absolute atomic E-state index is 13.0. The zero-order valence-corrected chi connectivity index (χ0v) is 17.3. The largest absolute Gasteiger partial charge is 0.366 e. The van der Waals surface area contributed by atoms with Crippen LogP contribution in [0.4, 0.5) is 11.4 Å². The highest BCUT2D eigenvalue weighted by Crippen LogP contribution is 2.27. The fourth-order valence-corrected chi connectivity index (χ4v) is 4.09. The van der Waals surface area contributed by atoms with Crippen molar-refractivity contribution < 1.29 is 14.4 Å². The Labute approximate surface area is 181 Å². The molecule has 7 nitrogen and oxygen atoms in total. The van der Waals surface area contributed by atoms with Gasteiger partial charge >= 0.3 is 0 Å². The Hall–Kier alpha value is -3.45. The molecule has 3 amide bonds. The van der Waals surface area contributed by atoms with E-state index in [0.717, 1.165) is 42.8 Å². The van der Waals surface area contributed by atoms with Gasteiger partial charge in [-0.15, -0.1) is 0 Å². The maximum Gasteiger partial charge on any atom is 0.253 e. The number of amides is 3. The number of benzene rings is 2. The van der Waals surface area contributed by atoms with E-state index < -0.39 is 5.91 Å². The Balaban J connectivity index is 1.54. The summed E-state index contributed by atoms with van der Waals surface area (Å²) in [5.41, 5.74) is 9.74. The molecule has 0 unspecified atom stereocenters. The Bertz CT molecular complexity index is 1040. The predicted octanol–water partition coefficient (Wildman–Crippen LogP) is 2.69. The van der Waals surface area contributed by atoms with Gasteiger partial charge in [0.15, 0.2) is 0 Å². The fourth-order valence-electron chi connectivity index (χ4n) is 4.09. The van der Waals surface area contributed by atoms with Gasteiger partial charge in [-0.05, 0) is 73.3 Å². The molecule has 0 atom stereocenters. The molecule has 0 spiro atoms. The zero-order chi connectivity index (χ0) is 21.8. The van der Waals surface area contributed by atoms with Crippen LogP contribution in [0.25, 0.3) is 5.57 Å². The second-order valence-corrected chi connectivity index (χ2v) is 7.83. The lowest BCUT2D eigenvalue weighted by Crippen LogP contribution is -2.35. The number of rotatable bonds is 5. The number of carbonyl (C=O) groups is 3. The molecule has 0 saturated carbocycles. The lowest BCUT2D eigenvalue weighted by molar-refractivity contribution is -0.119. The first-order valence-corrected chi connectivity index (χ1v) is 10.6. The summed E-state index contributed by atoms with van der Waals surface area (Å²) < 4.78 is 0. The molecule has 4 rings (SSSR count). The van der Waals surface area contributed by atoms with Crippen LogP contribution in [-0.2, 0) is 9.59 Å². The summed E-state index contributed by atoms with van der Waals surface area (Å²) in [6.45, 7) is 1.94. The second-order valence-electron chi connectivity index (χ2n) is 7.83. The summed E-state index contributed by atoms with van der Waals surface area (Å²) in [7, 11) is 0. The van der Waals surface area contributed by atoms with Crippen LogP contribution in [0, 0.1) is 0 Å². The van der Waals surface area contributed by atoms with E-state index in [9.17, 15) is 14.4 Å². The summed E-state index contributed by atoms with van der Waals surface area (Å²) in [5.74, 6) is -0.535. The summed E-state index contributed by atoms with van der Waals surface area (Å²) in [6, 6.07) is 14.4. The molecular formula is C24H26N4O3. The van der Waals surface area contributed by atoms with Crippen LogP contribution in [-0.4, -0.2) is 37.4 Å². The second kappa shape index (κ2) is 9.14. The average molecular weight is 418 g/mol. The van der Waals surface area contributed by atoms with Gasteiger partial charge in [0.1, 0.15) is 0 Å². The summed E-state index contributed by atoms with van der Waals surface area (Å²) in [4.78, 5) is 38.5. The number of hydrogen-bond donors (Lipinski definition) is 3. The number of nitrogens with zero attached hydrogens (tertiary/aromatic N) is 1. The minimum atomic E-state index is -0.491. The van der Waals surface area contributed by atoms with E-state index in [1.807, 2.05) is 30.3 Å².